The number of aliphatic hydroxyl groups is 1. The van der Waals surface area contributed by atoms with Crippen molar-refractivity contribution in [3.8, 4) is 5.75 Å². The number of esters is 1. The van der Waals surface area contributed by atoms with Crippen molar-refractivity contribution in [2.24, 2.45) is 5.92 Å². The highest BCUT2D eigenvalue weighted by Crippen LogP contribution is 2.61. The maximum atomic E-state index is 16.6. The molecule has 3 aliphatic heterocycles. The van der Waals surface area contributed by atoms with Gasteiger partial charge in [0.05, 0.1) is 37.6 Å². The summed E-state index contributed by atoms with van der Waals surface area (Å²) in [4.78, 5) is 58.8. The van der Waals surface area contributed by atoms with Crippen molar-refractivity contribution >= 4 is 49.2 Å². The average molecular weight is 732 g/mol. The highest BCUT2D eigenvalue weighted by atomic mass is 28.4. The van der Waals surface area contributed by atoms with Gasteiger partial charge in [-0.25, -0.2) is 0 Å². The molecule has 276 valence electrons. The van der Waals surface area contributed by atoms with Crippen LogP contribution in [-0.2, 0) is 40.8 Å². The summed E-state index contributed by atoms with van der Waals surface area (Å²) in [6.07, 6.45) is 0.0599. The van der Waals surface area contributed by atoms with E-state index in [1.54, 1.807) is 53.2 Å². The normalized spacial score (nSPS) is 22.3. The number of anilines is 3. The van der Waals surface area contributed by atoms with Gasteiger partial charge in [-0.15, -0.1) is 0 Å². The molecule has 3 aliphatic rings. The number of halogens is 1. The van der Waals surface area contributed by atoms with Crippen LogP contribution in [-0.4, -0.2) is 81.6 Å². The molecule has 3 aromatic carbocycles. The predicted molar refractivity (Wildman–Crippen MR) is 195 cm³/mol. The van der Waals surface area contributed by atoms with E-state index in [9.17, 15) is 24.3 Å². The van der Waals surface area contributed by atoms with Crippen molar-refractivity contribution in [3.63, 3.8) is 0 Å². The molecule has 0 bridgehead atoms. The van der Waals surface area contributed by atoms with Crippen LogP contribution in [0.3, 0.4) is 0 Å². The Morgan fingerprint density at radius 3 is 2.48 bits per heavy atom. The van der Waals surface area contributed by atoms with Crippen LogP contribution >= 0.6 is 0 Å². The molecule has 0 aliphatic carbocycles. The van der Waals surface area contributed by atoms with Gasteiger partial charge in [-0.3, -0.25) is 24.1 Å². The summed E-state index contributed by atoms with van der Waals surface area (Å²) < 4.78 is 33.9. The first kappa shape index (κ1) is 37.2. The SMILES string of the molecule is COC(=O)CCCCN1C(=O)[C@]2(O[C@H](CC(=O)N(CCO)Cc3ccccc3)[C@@H]([Si](C)(C)F)[C@@H]2C)c2cc(N3C(=O)COc4ccccc43)ccc21. The van der Waals surface area contributed by atoms with Crippen molar-refractivity contribution in [1.82, 2.24) is 4.90 Å². The van der Waals surface area contributed by atoms with Crippen LogP contribution in [0.2, 0.25) is 18.6 Å². The molecule has 0 aromatic heterocycles. The van der Waals surface area contributed by atoms with E-state index in [2.05, 4.69) is 0 Å². The molecule has 1 saturated heterocycles. The second kappa shape index (κ2) is 15.2. The first-order valence-corrected chi connectivity index (χ1v) is 20.7. The number of hydrogen-bond donors (Lipinski definition) is 1. The molecule has 3 aromatic rings. The number of carbonyl (C=O) groups is 4. The maximum Gasteiger partial charge on any atom is 0.305 e. The molecule has 3 heterocycles. The fourth-order valence-corrected chi connectivity index (χ4v) is 10.6. The molecule has 1 fully saturated rings. The number of rotatable bonds is 13. The zero-order valence-electron chi connectivity index (χ0n) is 30.0. The molecule has 0 saturated carbocycles. The lowest BCUT2D eigenvalue weighted by Crippen LogP contribution is -2.45. The standard InChI is InChI=1S/C39H46FN3O8Si/c1-26-37(52(3,4)40)33(23-34(45)41(20-21-44)24-27-12-6-5-7-13-27)51-39(26)29-22-28(43-31-14-8-9-15-32(31)50-25-35(43)46)17-18-30(29)42(38(39)48)19-11-10-16-36(47)49-2/h5-9,12-15,17-18,22,26,33,37,44H,10-11,16,19-21,23-25H2,1-4H3/t26-,33+,37-,39+/m0/s1. The number of para-hydroxylation sites is 2. The smallest absolute Gasteiger partial charge is 0.305 e. The monoisotopic (exact) mass is 731 g/mol. The number of methoxy groups -OCH3 is 1. The lowest BCUT2D eigenvalue weighted by molar-refractivity contribution is -0.149. The number of carbonyl (C=O) groups excluding carboxylic acids is 4. The minimum absolute atomic E-state index is 0.0851. The Balaban J connectivity index is 1.40. The Morgan fingerprint density at radius 1 is 1.04 bits per heavy atom. The largest absolute Gasteiger partial charge is 0.482 e. The van der Waals surface area contributed by atoms with Crippen molar-refractivity contribution in [1.29, 1.82) is 0 Å². The molecule has 11 nitrogen and oxygen atoms in total. The Kier molecular flexibility index (Phi) is 10.8. The van der Waals surface area contributed by atoms with E-state index < -0.39 is 31.6 Å². The van der Waals surface area contributed by atoms with Crippen molar-refractivity contribution < 1.29 is 42.6 Å². The number of nitrogens with zero attached hydrogens (tertiary/aromatic N) is 3. The molecule has 0 radical (unpaired) electrons. The van der Waals surface area contributed by atoms with Crippen LogP contribution in [0.15, 0.2) is 72.8 Å². The molecule has 52 heavy (non-hydrogen) atoms. The highest BCUT2D eigenvalue weighted by Gasteiger charge is 2.67. The van der Waals surface area contributed by atoms with Crippen molar-refractivity contribution in [2.75, 3.05) is 43.2 Å². The quantitative estimate of drug-likeness (QED) is 0.104. The molecule has 3 amide bonds. The van der Waals surface area contributed by atoms with E-state index in [0.29, 0.717) is 41.2 Å². The van der Waals surface area contributed by atoms with Crippen LogP contribution in [0.5, 0.6) is 5.75 Å². The second-order valence-corrected chi connectivity index (χ2v) is 18.0. The van der Waals surface area contributed by atoms with Gasteiger partial charge in [-0.2, -0.15) is 0 Å². The third-order valence-corrected chi connectivity index (χ3v) is 12.9. The van der Waals surface area contributed by atoms with Crippen LogP contribution in [0.4, 0.5) is 21.2 Å². The van der Waals surface area contributed by atoms with Crippen LogP contribution < -0.4 is 14.5 Å². The fraction of sp³-hybridized carbons (Fsp3) is 0.436. The topological polar surface area (TPSA) is 126 Å². The molecule has 1 spiro atoms. The van der Waals surface area contributed by atoms with Crippen molar-refractivity contribution in [2.45, 2.75) is 69.5 Å². The number of unbranched alkanes of at least 4 members (excludes halogenated alkanes) is 1. The number of ether oxygens (including phenoxy) is 3. The third-order valence-electron chi connectivity index (χ3n) is 10.5. The zero-order valence-corrected chi connectivity index (χ0v) is 31.0. The lowest BCUT2D eigenvalue weighted by atomic mass is 9.82. The molecule has 13 heteroatoms. The van der Waals surface area contributed by atoms with Crippen LogP contribution in [0, 0.1) is 5.92 Å². The summed E-state index contributed by atoms with van der Waals surface area (Å²) >= 11 is 0. The van der Waals surface area contributed by atoms with E-state index in [1.165, 1.54) is 12.0 Å². The fourth-order valence-electron chi connectivity index (χ4n) is 8.14. The summed E-state index contributed by atoms with van der Waals surface area (Å²) in [7, 11) is -2.28. The van der Waals surface area contributed by atoms with Crippen molar-refractivity contribution in [3.05, 3.63) is 83.9 Å². The average Bonchev–Trinajstić information content (AvgIpc) is 3.55. The number of amides is 3. The van der Waals surface area contributed by atoms with E-state index in [4.69, 9.17) is 14.2 Å². The number of fused-ring (bicyclic) bond motifs is 3. The molecule has 1 N–H and O–H groups in total. The Morgan fingerprint density at radius 2 is 1.77 bits per heavy atom. The van der Waals surface area contributed by atoms with Gasteiger partial charge in [0.25, 0.3) is 11.8 Å². The summed E-state index contributed by atoms with van der Waals surface area (Å²) in [5.41, 5.74) is 0.625. The Labute approximate surface area is 304 Å². The summed E-state index contributed by atoms with van der Waals surface area (Å²) in [6.45, 7) is 5.17. The number of aliphatic hydroxyl groups excluding tert-OH is 1. The van der Waals surface area contributed by atoms with Crippen LogP contribution in [0.1, 0.15) is 43.7 Å². The second-order valence-electron chi connectivity index (χ2n) is 14.2. The molecule has 0 unspecified atom stereocenters. The van der Waals surface area contributed by atoms with Gasteiger partial charge in [0.2, 0.25) is 14.3 Å². The molecular formula is C39H46FN3O8Si. The van der Waals surface area contributed by atoms with E-state index in [0.717, 1.165) is 5.56 Å². The molecule has 6 rings (SSSR count). The Hall–Kier alpha value is -4.59. The van der Waals surface area contributed by atoms with Gasteiger partial charge in [-0.05, 0) is 61.8 Å². The third kappa shape index (κ3) is 6.96. The molecular weight excluding hydrogens is 686 g/mol. The predicted octanol–water partition coefficient (Wildman–Crippen LogP) is 5.62. The number of benzene rings is 3. The first-order chi connectivity index (χ1) is 24.9. The highest BCUT2D eigenvalue weighted by molar-refractivity contribution is 6.72. The van der Waals surface area contributed by atoms with Crippen LogP contribution in [0.25, 0.3) is 0 Å². The number of hydrogen-bond acceptors (Lipinski definition) is 8. The van der Waals surface area contributed by atoms with Gasteiger partial charge in [0.1, 0.15) is 5.75 Å². The van der Waals surface area contributed by atoms with Gasteiger partial charge < -0.3 is 33.2 Å². The summed E-state index contributed by atoms with van der Waals surface area (Å²) in [5, 5.41) is 9.85. The van der Waals surface area contributed by atoms with Gasteiger partial charge in [0.15, 0.2) is 12.2 Å². The summed E-state index contributed by atoms with van der Waals surface area (Å²) in [5.74, 6) is -1.45. The lowest BCUT2D eigenvalue weighted by Gasteiger charge is -2.32. The minimum atomic E-state index is -3.61. The Bertz CT molecular complexity index is 1820. The minimum Gasteiger partial charge on any atom is -0.482 e. The maximum absolute atomic E-state index is 16.6. The first-order valence-electron chi connectivity index (χ1n) is 17.8. The van der Waals surface area contributed by atoms with E-state index in [-0.39, 0.29) is 69.4 Å². The summed E-state index contributed by atoms with van der Waals surface area (Å²) in [6, 6.07) is 21.9. The molecule has 4 atom stereocenters. The van der Waals surface area contributed by atoms with Gasteiger partial charge in [-0.1, -0.05) is 49.4 Å². The zero-order chi connectivity index (χ0) is 37.2. The van der Waals surface area contributed by atoms with E-state index >= 15 is 4.11 Å². The van der Waals surface area contributed by atoms with Gasteiger partial charge >= 0.3 is 5.97 Å². The van der Waals surface area contributed by atoms with Gasteiger partial charge in [0, 0.05) is 48.8 Å². The van der Waals surface area contributed by atoms with E-state index in [1.807, 2.05) is 49.4 Å².